The minimum absolute atomic E-state index is 0.139. The number of hydrogen-bond donors (Lipinski definition) is 0. The van der Waals surface area contributed by atoms with Crippen LogP contribution in [0.5, 0.6) is 5.75 Å². The van der Waals surface area contributed by atoms with Gasteiger partial charge in [-0.1, -0.05) is 64.5 Å². The van der Waals surface area contributed by atoms with Gasteiger partial charge in [0.2, 0.25) is 0 Å². The highest BCUT2D eigenvalue weighted by molar-refractivity contribution is 5.78. The molecule has 0 spiro atoms. The van der Waals surface area contributed by atoms with Gasteiger partial charge in [0.15, 0.2) is 0 Å². The van der Waals surface area contributed by atoms with Crippen molar-refractivity contribution in [3.63, 3.8) is 0 Å². The van der Waals surface area contributed by atoms with Gasteiger partial charge in [-0.25, -0.2) is 0 Å². The van der Waals surface area contributed by atoms with E-state index in [0.29, 0.717) is 12.0 Å². The minimum Gasteiger partial charge on any atom is -0.493 e. The van der Waals surface area contributed by atoms with E-state index < -0.39 is 0 Å². The second-order valence-corrected chi connectivity index (χ2v) is 10.4. The lowest BCUT2D eigenvalue weighted by atomic mass is 9.83. The van der Waals surface area contributed by atoms with Crippen molar-refractivity contribution in [3.8, 4) is 17.6 Å². The Hall–Kier alpha value is -2.73. The summed E-state index contributed by atoms with van der Waals surface area (Å²) in [7, 11) is 0. The zero-order valence-electron chi connectivity index (χ0n) is 22.3. The Kier molecular flexibility index (Phi) is 9.84. The third-order valence-electron chi connectivity index (χ3n) is 7.19. The topological polar surface area (TPSA) is 35.5 Å². The van der Waals surface area contributed by atoms with Gasteiger partial charge < -0.3 is 9.47 Å². The summed E-state index contributed by atoms with van der Waals surface area (Å²) in [5, 5.41) is 0. The summed E-state index contributed by atoms with van der Waals surface area (Å²) in [6.45, 7) is 12.1. The second-order valence-electron chi connectivity index (χ2n) is 10.4. The fourth-order valence-electron chi connectivity index (χ4n) is 4.59. The number of hydrogen-bond acceptors (Lipinski definition) is 3. The average molecular weight is 475 g/mol. The average Bonchev–Trinajstić information content (AvgIpc) is 2.86. The molecule has 3 heteroatoms. The first-order valence-corrected chi connectivity index (χ1v) is 13.4. The van der Waals surface area contributed by atoms with Crippen LogP contribution in [0.4, 0.5) is 0 Å². The summed E-state index contributed by atoms with van der Waals surface area (Å²) in [5.74, 6) is 7.53. The van der Waals surface area contributed by atoms with E-state index in [1.54, 1.807) is 0 Å². The van der Waals surface area contributed by atoms with Crippen molar-refractivity contribution in [2.24, 2.45) is 5.41 Å². The van der Waals surface area contributed by atoms with Crippen LogP contribution in [-0.4, -0.2) is 19.2 Å². The molecule has 1 atom stereocenters. The van der Waals surface area contributed by atoms with Crippen molar-refractivity contribution in [2.45, 2.75) is 91.9 Å². The molecule has 0 N–H and O–H groups in total. The molecule has 0 aromatic heterocycles. The molecule has 0 fully saturated rings. The van der Waals surface area contributed by atoms with Crippen LogP contribution in [0.15, 0.2) is 36.4 Å². The van der Waals surface area contributed by atoms with Gasteiger partial charge in [-0.3, -0.25) is 4.79 Å². The molecule has 1 aliphatic heterocycles. The lowest BCUT2D eigenvalue weighted by Crippen LogP contribution is -2.15. The van der Waals surface area contributed by atoms with Crippen LogP contribution in [0.25, 0.3) is 0 Å². The molecule has 2 aromatic carbocycles. The Balaban J connectivity index is 1.82. The van der Waals surface area contributed by atoms with Crippen LogP contribution < -0.4 is 4.74 Å². The van der Waals surface area contributed by atoms with Gasteiger partial charge in [0.25, 0.3) is 0 Å². The number of benzene rings is 2. The van der Waals surface area contributed by atoms with Gasteiger partial charge in [-0.15, -0.1) is 0 Å². The first kappa shape index (κ1) is 26.9. The molecule has 0 bridgehead atoms. The van der Waals surface area contributed by atoms with E-state index in [4.69, 9.17) is 9.47 Å². The van der Waals surface area contributed by atoms with Gasteiger partial charge in [-0.2, -0.15) is 0 Å². The maximum absolute atomic E-state index is 12.4. The normalized spacial score (nSPS) is 13.7. The maximum atomic E-state index is 12.4. The summed E-state index contributed by atoms with van der Waals surface area (Å²) in [6, 6.07) is 12.6. The molecule has 1 unspecified atom stereocenters. The summed E-state index contributed by atoms with van der Waals surface area (Å²) >= 11 is 0. The Morgan fingerprint density at radius 1 is 1.11 bits per heavy atom. The molecule has 35 heavy (non-hydrogen) atoms. The Morgan fingerprint density at radius 3 is 2.57 bits per heavy atom. The maximum Gasteiger partial charge on any atom is 0.313 e. The molecular weight excluding hydrogens is 432 g/mol. The van der Waals surface area contributed by atoms with E-state index in [9.17, 15) is 4.79 Å². The summed E-state index contributed by atoms with van der Waals surface area (Å²) < 4.78 is 11.2. The van der Waals surface area contributed by atoms with E-state index in [-0.39, 0.29) is 11.9 Å². The molecule has 3 nitrogen and oxygen atoms in total. The third kappa shape index (κ3) is 7.63. The molecule has 0 saturated carbocycles. The monoisotopic (exact) mass is 474 g/mol. The predicted octanol–water partition coefficient (Wildman–Crippen LogP) is 7.62. The van der Waals surface area contributed by atoms with Crippen molar-refractivity contribution in [1.82, 2.24) is 0 Å². The quantitative estimate of drug-likeness (QED) is 0.262. The van der Waals surface area contributed by atoms with Crippen LogP contribution in [-0.2, 0) is 22.4 Å². The van der Waals surface area contributed by atoms with Crippen LogP contribution in [0.2, 0.25) is 0 Å². The van der Waals surface area contributed by atoms with Crippen LogP contribution >= 0.6 is 0 Å². The number of carbonyl (C=O) groups excluding carboxylic acids is 1. The zero-order valence-corrected chi connectivity index (χ0v) is 22.3. The van der Waals surface area contributed by atoms with Gasteiger partial charge in [-0.05, 0) is 91.8 Å². The molecular formula is C32H42O3. The Labute approximate surface area is 212 Å². The van der Waals surface area contributed by atoms with Crippen molar-refractivity contribution in [1.29, 1.82) is 0 Å². The number of aryl methyl sites for hydroxylation is 2. The highest BCUT2D eigenvalue weighted by Crippen LogP contribution is 2.31. The standard InChI is InChI=1S/C32H42O3/c1-6-11-29(31(33)34-8-3)25-17-14-24(15-18-25)16-19-27-22-28-13-10-21-35-30(28)23-26(27)12-9-20-32(4,5)7-2/h14-15,17-18,22-23,29H,6-13,20-21H2,1-5H3. The molecule has 1 heterocycles. The summed E-state index contributed by atoms with van der Waals surface area (Å²) in [4.78, 5) is 12.4. The fourth-order valence-corrected chi connectivity index (χ4v) is 4.59. The molecule has 3 rings (SSSR count). The van der Waals surface area contributed by atoms with Gasteiger partial charge in [0, 0.05) is 11.1 Å². The molecule has 0 amide bonds. The van der Waals surface area contributed by atoms with E-state index >= 15 is 0 Å². The molecule has 0 saturated heterocycles. The molecule has 188 valence electrons. The number of rotatable bonds is 10. The lowest BCUT2D eigenvalue weighted by molar-refractivity contribution is -0.145. The summed E-state index contributed by atoms with van der Waals surface area (Å²) in [5.41, 5.74) is 6.00. The lowest BCUT2D eigenvalue weighted by Gasteiger charge is -2.23. The zero-order chi connectivity index (χ0) is 25.3. The van der Waals surface area contributed by atoms with Gasteiger partial charge >= 0.3 is 5.97 Å². The molecule has 1 aliphatic rings. The van der Waals surface area contributed by atoms with Crippen LogP contribution in [0.3, 0.4) is 0 Å². The fraction of sp³-hybridized carbons (Fsp3) is 0.531. The van der Waals surface area contributed by atoms with Crippen molar-refractivity contribution >= 4 is 5.97 Å². The third-order valence-corrected chi connectivity index (χ3v) is 7.19. The SMILES string of the molecule is CCCC(C(=O)OCC)c1ccc(C#Cc2cc3c(cc2CCCC(C)(C)CC)OCCC3)cc1. The predicted molar refractivity (Wildman–Crippen MR) is 144 cm³/mol. The Morgan fingerprint density at radius 2 is 1.89 bits per heavy atom. The number of ether oxygens (including phenoxy) is 2. The first-order chi connectivity index (χ1) is 16.9. The number of esters is 1. The molecule has 2 aromatic rings. The first-order valence-electron chi connectivity index (χ1n) is 13.4. The minimum atomic E-state index is -0.207. The molecule has 0 aliphatic carbocycles. The van der Waals surface area contributed by atoms with Crippen molar-refractivity contribution in [3.05, 3.63) is 64.2 Å². The summed E-state index contributed by atoms with van der Waals surface area (Å²) in [6.07, 6.45) is 8.40. The van der Waals surface area contributed by atoms with Gasteiger partial charge in [0.1, 0.15) is 5.75 Å². The smallest absolute Gasteiger partial charge is 0.313 e. The second kappa shape index (κ2) is 12.8. The number of fused-ring (bicyclic) bond motifs is 1. The van der Waals surface area contributed by atoms with Crippen LogP contribution in [0.1, 0.15) is 107 Å². The highest BCUT2D eigenvalue weighted by Gasteiger charge is 2.21. The molecule has 0 radical (unpaired) electrons. The highest BCUT2D eigenvalue weighted by atomic mass is 16.5. The largest absolute Gasteiger partial charge is 0.493 e. The van der Waals surface area contributed by atoms with Gasteiger partial charge in [0.05, 0.1) is 19.1 Å². The van der Waals surface area contributed by atoms with E-state index in [1.165, 1.54) is 24.0 Å². The van der Waals surface area contributed by atoms with Crippen molar-refractivity contribution < 1.29 is 14.3 Å². The van der Waals surface area contributed by atoms with E-state index in [1.807, 2.05) is 31.2 Å². The van der Waals surface area contributed by atoms with E-state index in [2.05, 4.69) is 51.7 Å². The van der Waals surface area contributed by atoms with Crippen LogP contribution in [0, 0.1) is 17.3 Å². The van der Waals surface area contributed by atoms with E-state index in [0.717, 1.165) is 67.6 Å². The number of carbonyl (C=O) groups is 1. The Bertz CT molecular complexity index is 1040. The van der Waals surface area contributed by atoms with Crippen molar-refractivity contribution in [2.75, 3.05) is 13.2 Å².